The van der Waals surface area contributed by atoms with E-state index in [0.29, 0.717) is 38.5 Å². The first-order chi connectivity index (χ1) is 13.4. The topological polar surface area (TPSA) is 80.7 Å². The van der Waals surface area contributed by atoms with E-state index in [1.807, 2.05) is 19.1 Å². The molecule has 4 atom stereocenters. The molecule has 28 heavy (non-hydrogen) atoms. The van der Waals surface area contributed by atoms with Crippen LogP contribution in [0.1, 0.15) is 77.6 Å². The molecule has 160 valence electrons. The monoisotopic (exact) mass is 398 g/mol. The molecule has 1 fully saturated rings. The number of unbranched alkanes of at least 4 members (excludes halogenated alkanes) is 3. The van der Waals surface area contributed by atoms with Gasteiger partial charge in [0.1, 0.15) is 5.78 Å². The van der Waals surface area contributed by atoms with Crippen molar-refractivity contribution in [3.8, 4) is 0 Å². The van der Waals surface area contributed by atoms with Crippen LogP contribution in [0.15, 0.2) is 12.2 Å². The lowest BCUT2D eigenvalue weighted by Gasteiger charge is -2.20. The van der Waals surface area contributed by atoms with E-state index in [1.54, 1.807) is 0 Å². The Morgan fingerprint density at radius 3 is 2.68 bits per heavy atom. The summed E-state index contributed by atoms with van der Waals surface area (Å²) in [6, 6.07) is 0. The molecule has 0 aromatic carbocycles. The van der Waals surface area contributed by atoms with Crippen LogP contribution in [0.2, 0.25) is 0 Å². The smallest absolute Gasteiger partial charge is 0.305 e. The Morgan fingerprint density at radius 2 is 2.00 bits per heavy atom. The van der Waals surface area contributed by atoms with Gasteiger partial charge in [-0.3, -0.25) is 14.4 Å². The summed E-state index contributed by atoms with van der Waals surface area (Å²) >= 11 is 0. The number of Topliss-reactive ketones (excluding diaryl/α,β-unsaturated/α-hetero) is 2. The molecule has 6 heteroatoms. The first-order valence-electron chi connectivity index (χ1n) is 10.5. The summed E-state index contributed by atoms with van der Waals surface area (Å²) in [6.07, 6.45) is 7.27. The zero-order chi connectivity index (χ0) is 20.9. The number of rotatable bonds is 14. The quantitative estimate of drug-likeness (QED) is 0.271. The first-order valence-corrected chi connectivity index (χ1v) is 10.5. The molecule has 1 rings (SSSR count). The Balaban J connectivity index is 2.42. The molecular weight excluding hydrogens is 363 g/mol. The van der Waals surface area contributed by atoms with Crippen LogP contribution < -0.4 is 0 Å². The van der Waals surface area contributed by atoms with Gasteiger partial charge in [0.05, 0.1) is 13.2 Å². The van der Waals surface area contributed by atoms with Gasteiger partial charge < -0.3 is 9.84 Å². The van der Waals surface area contributed by atoms with Gasteiger partial charge in [-0.15, -0.1) is 0 Å². The predicted molar refractivity (Wildman–Crippen MR) is 106 cm³/mol. The molecule has 0 radical (unpaired) electrons. The Morgan fingerprint density at radius 1 is 1.25 bits per heavy atom. The maximum Gasteiger partial charge on any atom is 0.305 e. The fraction of sp³-hybridized carbons (Fsp3) is 0.773. The average Bonchev–Trinajstić information content (AvgIpc) is 2.94. The zero-order valence-electron chi connectivity index (χ0n) is 17.2. The number of aliphatic hydroxyl groups excluding tert-OH is 1. The van der Waals surface area contributed by atoms with Gasteiger partial charge in [0.15, 0.2) is 12.0 Å². The average molecular weight is 399 g/mol. The standard InChI is InChI=1S/C22H35FO5/c1-3-4-7-11-18(23)19(24)14-13-17-16(20(25)15-21(17)26)10-8-5-6-9-12-22(27)28-2/h5,8,16-18,21,26H,3-4,6-7,9-15H2,1-2H3/b8-5+. The van der Waals surface area contributed by atoms with Crippen molar-refractivity contribution in [2.45, 2.75) is 89.8 Å². The summed E-state index contributed by atoms with van der Waals surface area (Å²) in [5, 5.41) is 10.2. The second-order valence-electron chi connectivity index (χ2n) is 7.65. The SMILES string of the molecule is CCCCCC(F)C(=O)CCC1C(O)CC(=O)C1C/C=C/CCCC(=O)OC. The van der Waals surface area contributed by atoms with Crippen molar-refractivity contribution in [1.29, 1.82) is 0 Å². The lowest BCUT2D eigenvalue weighted by Crippen LogP contribution is -2.23. The van der Waals surface area contributed by atoms with Crippen molar-refractivity contribution in [2.24, 2.45) is 11.8 Å². The fourth-order valence-electron chi connectivity index (χ4n) is 3.74. The van der Waals surface area contributed by atoms with Gasteiger partial charge in [-0.1, -0.05) is 38.3 Å². The lowest BCUT2D eigenvalue weighted by molar-refractivity contribution is -0.140. The highest BCUT2D eigenvalue weighted by Gasteiger charge is 2.40. The number of allylic oxidation sites excluding steroid dienone is 2. The molecule has 0 bridgehead atoms. The van der Waals surface area contributed by atoms with Crippen molar-refractivity contribution >= 4 is 17.5 Å². The molecule has 1 N–H and O–H groups in total. The molecule has 0 aromatic heterocycles. The molecule has 1 aliphatic rings. The molecule has 1 saturated carbocycles. The molecule has 0 saturated heterocycles. The van der Waals surface area contributed by atoms with Gasteiger partial charge >= 0.3 is 5.97 Å². The summed E-state index contributed by atoms with van der Waals surface area (Å²) < 4.78 is 18.5. The number of carbonyl (C=O) groups excluding carboxylic acids is 3. The molecule has 0 amide bonds. The number of hydrogen-bond donors (Lipinski definition) is 1. The Hall–Kier alpha value is -1.56. The number of ketones is 2. The largest absolute Gasteiger partial charge is 0.469 e. The number of aliphatic hydroxyl groups is 1. The predicted octanol–water partition coefficient (Wildman–Crippen LogP) is 4.11. The van der Waals surface area contributed by atoms with Gasteiger partial charge in [-0.05, 0) is 38.0 Å². The zero-order valence-corrected chi connectivity index (χ0v) is 17.2. The van der Waals surface area contributed by atoms with E-state index < -0.39 is 18.1 Å². The minimum atomic E-state index is -1.44. The van der Waals surface area contributed by atoms with Crippen LogP contribution in [-0.2, 0) is 19.1 Å². The third kappa shape index (κ3) is 8.63. The van der Waals surface area contributed by atoms with Crippen LogP contribution in [0.25, 0.3) is 0 Å². The third-order valence-electron chi connectivity index (χ3n) is 5.51. The van der Waals surface area contributed by atoms with Gasteiger partial charge in [0.25, 0.3) is 0 Å². The Kier molecular flexibility index (Phi) is 11.9. The number of ether oxygens (including phenoxy) is 1. The summed E-state index contributed by atoms with van der Waals surface area (Å²) in [7, 11) is 1.36. The van der Waals surface area contributed by atoms with Gasteiger partial charge in [-0.25, -0.2) is 4.39 Å². The summed E-state index contributed by atoms with van der Waals surface area (Å²) in [4.78, 5) is 35.2. The highest BCUT2D eigenvalue weighted by molar-refractivity contribution is 5.85. The number of halogens is 1. The van der Waals surface area contributed by atoms with Crippen molar-refractivity contribution in [2.75, 3.05) is 7.11 Å². The van der Waals surface area contributed by atoms with E-state index >= 15 is 0 Å². The summed E-state index contributed by atoms with van der Waals surface area (Å²) in [5.41, 5.74) is 0. The Labute approximate surface area is 167 Å². The van der Waals surface area contributed by atoms with Gasteiger partial charge in [0.2, 0.25) is 0 Å². The number of carbonyl (C=O) groups is 3. The summed E-state index contributed by atoms with van der Waals surface area (Å²) in [5.74, 6) is -1.27. The maximum absolute atomic E-state index is 13.9. The second-order valence-corrected chi connectivity index (χ2v) is 7.65. The Bertz CT molecular complexity index is 531. The summed E-state index contributed by atoms with van der Waals surface area (Å²) in [6.45, 7) is 2.03. The van der Waals surface area contributed by atoms with Crippen LogP contribution in [0.5, 0.6) is 0 Å². The molecule has 0 aliphatic heterocycles. The van der Waals surface area contributed by atoms with E-state index in [1.165, 1.54) is 7.11 Å². The fourth-order valence-corrected chi connectivity index (χ4v) is 3.74. The lowest BCUT2D eigenvalue weighted by atomic mass is 9.86. The number of alkyl halides is 1. The van der Waals surface area contributed by atoms with Crippen LogP contribution >= 0.6 is 0 Å². The molecule has 4 unspecified atom stereocenters. The minimum absolute atomic E-state index is 0.00361. The number of hydrogen-bond acceptors (Lipinski definition) is 5. The van der Waals surface area contributed by atoms with Crippen LogP contribution in [0, 0.1) is 11.8 Å². The van der Waals surface area contributed by atoms with Crippen LogP contribution in [-0.4, -0.2) is 42.0 Å². The molecule has 0 spiro atoms. The van der Waals surface area contributed by atoms with Gasteiger partial charge in [0, 0.05) is 25.2 Å². The van der Waals surface area contributed by atoms with E-state index in [-0.39, 0.29) is 42.9 Å². The highest BCUT2D eigenvalue weighted by Crippen LogP contribution is 2.35. The normalized spacial score (nSPS) is 23.3. The number of esters is 1. The molecule has 0 heterocycles. The van der Waals surface area contributed by atoms with Gasteiger partial charge in [-0.2, -0.15) is 0 Å². The van der Waals surface area contributed by atoms with Crippen molar-refractivity contribution in [3.63, 3.8) is 0 Å². The second kappa shape index (κ2) is 13.6. The number of methoxy groups -OCH3 is 1. The highest BCUT2D eigenvalue weighted by atomic mass is 19.1. The maximum atomic E-state index is 13.9. The molecule has 0 aromatic rings. The van der Waals surface area contributed by atoms with E-state index in [9.17, 15) is 23.9 Å². The van der Waals surface area contributed by atoms with E-state index in [4.69, 9.17) is 0 Å². The third-order valence-corrected chi connectivity index (χ3v) is 5.51. The van der Waals surface area contributed by atoms with Crippen molar-refractivity contribution in [1.82, 2.24) is 0 Å². The van der Waals surface area contributed by atoms with Crippen LogP contribution in [0.4, 0.5) is 4.39 Å². The van der Waals surface area contributed by atoms with Crippen molar-refractivity contribution in [3.05, 3.63) is 12.2 Å². The molecular formula is C22H35FO5. The molecule has 1 aliphatic carbocycles. The molecule has 5 nitrogen and oxygen atoms in total. The van der Waals surface area contributed by atoms with E-state index in [2.05, 4.69) is 4.74 Å². The first kappa shape index (κ1) is 24.5. The van der Waals surface area contributed by atoms with Crippen LogP contribution in [0.3, 0.4) is 0 Å². The minimum Gasteiger partial charge on any atom is -0.469 e. The van der Waals surface area contributed by atoms with Crippen molar-refractivity contribution < 1.29 is 28.6 Å². The van der Waals surface area contributed by atoms with E-state index in [0.717, 1.165) is 12.8 Å².